The first-order valence-electron chi connectivity index (χ1n) is 16.5. The van der Waals surface area contributed by atoms with Crippen LogP contribution >= 0.6 is 0 Å². The Balaban J connectivity index is 1.31. The van der Waals surface area contributed by atoms with Gasteiger partial charge in [-0.15, -0.1) is 0 Å². The highest BCUT2D eigenvalue weighted by Gasteiger charge is 2.47. The predicted molar refractivity (Wildman–Crippen MR) is 171 cm³/mol. The van der Waals surface area contributed by atoms with E-state index in [1.807, 2.05) is 13.0 Å². The summed E-state index contributed by atoms with van der Waals surface area (Å²) in [5, 5.41) is 33.1. The molecule has 0 spiro atoms. The van der Waals surface area contributed by atoms with Gasteiger partial charge in [0.15, 0.2) is 0 Å². The van der Waals surface area contributed by atoms with Crippen molar-refractivity contribution in [2.45, 2.75) is 96.7 Å². The summed E-state index contributed by atoms with van der Waals surface area (Å²) < 4.78 is 22.3. The van der Waals surface area contributed by atoms with Crippen LogP contribution in [0.2, 0.25) is 0 Å². The van der Waals surface area contributed by atoms with Crippen molar-refractivity contribution in [2.24, 2.45) is 5.41 Å². The van der Waals surface area contributed by atoms with E-state index in [2.05, 4.69) is 5.32 Å². The van der Waals surface area contributed by atoms with E-state index < -0.39 is 65.8 Å². The van der Waals surface area contributed by atoms with E-state index in [0.29, 0.717) is 38.0 Å². The molecule has 1 unspecified atom stereocenters. The summed E-state index contributed by atoms with van der Waals surface area (Å²) in [6, 6.07) is 3.87. The second kappa shape index (κ2) is 16.7. The van der Waals surface area contributed by atoms with Gasteiger partial charge in [-0.2, -0.15) is 0 Å². The molecule has 4 rings (SSSR count). The van der Waals surface area contributed by atoms with Crippen molar-refractivity contribution in [3.63, 3.8) is 0 Å². The Morgan fingerprint density at radius 2 is 1.76 bits per heavy atom. The summed E-state index contributed by atoms with van der Waals surface area (Å²) in [6.45, 7) is 7.35. The Kier molecular flexibility index (Phi) is 12.9. The third-order valence-electron chi connectivity index (χ3n) is 8.50. The number of amides is 4. The van der Waals surface area contributed by atoms with E-state index in [1.54, 1.807) is 32.9 Å². The van der Waals surface area contributed by atoms with Crippen LogP contribution in [0.15, 0.2) is 30.4 Å². The van der Waals surface area contributed by atoms with Gasteiger partial charge in [-0.3, -0.25) is 28.9 Å². The molecule has 4 amide bonds. The molecule has 0 aromatic heterocycles. The lowest BCUT2D eigenvalue weighted by atomic mass is 9.97. The normalized spacial score (nSPS) is 25.7. The second-order valence-electron chi connectivity index (χ2n) is 13.4. The molecule has 0 bridgehead atoms. The predicted octanol–water partition coefficient (Wildman–Crippen LogP) is -0.0364. The van der Waals surface area contributed by atoms with Crippen LogP contribution in [0.3, 0.4) is 0 Å². The van der Waals surface area contributed by atoms with Crippen LogP contribution in [0.5, 0.6) is 5.75 Å². The summed E-state index contributed by atoms with van der Waals surface area (Å²) in [7, 11) is 0. The van der Waals surface area contributed by atoms with Crippen molar-refractivity contribution in [3.05, 3.63) is 41.5 Å². The molecule has 3 aliphatic rings. The molecule has 1 aromatic rings. The number of likely N-dealkylation sites (tertiary alicyclic amines) is 1. The minimum absolute atomic E-state index is 0.0982. The molecule has 15 nitrogen and oxygen atoms in total. The zero-order valence-corrected chi connectivity index (χ0v) is 28.3. The lowest BCUT2D eigenvalue weighted by molar-refractivity contribution is -0.242. The number of hydrogen-bond acceptors (Lipinski definition) is 12. The average molecular weight is 690 g/mol. The van der Waals surface area contributed by atoms with Gasteiger partial charge < -0.3 is 44.5 Å². The first-order chi connectivity index (χ1) is 23.2. The number of aliphatic hydroxyl groups excluding tert-OH is 3. The van der Waals surface area contributed by atoms with Crippen molar-refractivity contribution < 1.29 is 58.2 Å². The molecular formula is C34H47N3O12. The number of carbonyl (C=O) groups excluding carboxylic acids is 5. The molecule has 4 N–H and O–H groups in total. The van der Waals surface area contributed by atoms with Gasteiger partial charge in [-0.25, -0.2) is 0 Å². The van der Waals surface area contributed by atoms with Gasteiger partial charge in [0, 0.05) is 37.3 Å². The smallest absolute Gasteiger partial charge is 0.311 e. The maximum atomic E-state index is 13.2. The topological polar surface area (TPSA) is 201 Å². The second-order valence-corrected chi connectivity index (χ2v) is 13.4. The summed E-state index contributed by atoms with van der Waals surface area (Å²) in [5.41, 5.74) is 0.649. The SMILES string of the molecule is CCOC[C@@H]1C[C@H](N2C(=O)C=CC2=O)C(=O)N1CC(=O)NCCCCc1ccc(COC(=O)C(C)(C)C)c(OC2OC[C@@H](O)[C@H](O)[C@H]2O)c1. The molecular weight excluding hydrogens is 642 g/mol. The van der Waals surface area contributed by atoms with E-state index in [4.69, 9.17) is 18.9 Å². The van der Waals surface area contributed by atoms with Crippen LogP contribution in [0.1, 0.15) is 58.1 Å². The van der Waals surface area contributed by atoms with Crippen LogP contribution in [0, 0.1) is 5.41 Å². The van der Waals surface area contributed by atoms with Crippen molar-refractivity contribution in [3.8, 4) is 5.75 Å². The molecule has 0 saturated carbocycles. The highest BCUT2D eigenvalue weighted by Crippen LogP contribution is 2.29. The Bertz CT molecular complexity index is 1390. The molecule has 2 saturated heterocycles. The third kappa shape index (κ3) is 9.63. The number of aryl methyl sites for hydroxylation is 1. The fourth-order valence-electron chi connectivity index (χ4n) is 5.65. The quantitative estimate of drug-likeness (QED) is 0.109. The minimum atomic E-state index is -1.51. The number of nitrogens with zero attached hydrogens (tertiary/aromatic N) is 2. The average Bonchev–Trinajstić information content (AvgIpc) is 3.54. The monoisotopic (exact) mass is 689 g/mol. The fraction of sp³-hybridized carbons (Fsp3) is 0.618. The summed E-state index contributed by atoms with van der Waals surface area (Å²) in [5.74, 6) is -2.10. The number of benzene rings is 1. The van der Waals surface area contributed by atoms with E-state index in [1.165, 1.54) is 4.90 Å². The number of esters is 1. The van der Waals surface area contributed by atoms with Crippen LogP contribution < -0.4 is 10.1 Å². The van der Waals surface area contributed by atoms with E-state index in [9.17, 15) is 39.3 Å². The maximum absolute atomic E-state index is 13.2. The number of rotatable bonds is 15. The van der Waals surface area contributed by atoms with Gasteiger partial charge in [0.2, 0.25) is 18.1 Å². The zero-order chi connectivity index (χ0) is 35.9. The number of unbranched alkanes of at least 4 members (excludes halogenated alkanes) is 1. The molecule has 1 aromatic carbocycles. The van der Waals surface area contributed by atoms with Crippen molar-refractivity contribution >= 4 is 29.6 Å². The molecule has 2 fully saturated rings. The Hall–Kier alpha value is -3.89. The van der Waals surface area contributed by atoms with Crippen LogP contribution in [-0.2, 0) is 51.2 Å². The minimum Gasteiger partial charge on any atom is -0.462 e. The molecule has 6 atom stereocenters. The molecule has 3 aliphatic heterocycles. The van der Waals surface area contributed by atoms with Gasteiger partial charge in [0.1, 0.15) is 36.7 Å². The number of ether oxygens (including phenoxy) is 4. The molecule has 3 heterocycles. The highest BCUT2D eigenvalue weighted by atomic mass is 16.7. The first-order valence-corrected chi connectivity index (χ1v) is 16.5. The number of hydrogen-bond donors (Lipinski definition) is 4. The van der Waals surface area contributed by atoms with E-state index in [0.717, 1.165) is 22.6 Å². The van der Waals surface area contributed by atoms with Crippen LogP contribution in [-0.4, -0.2) is 124 Å². The van der Waals surface area contributed by atoms with E-state index in [-0.39, 0.29) is 44.4 Å². The number of nitrogens with one attached hydrogen (secondary N) is 1. The molecule has 0 radical (unpaired) electrons. The van der Waals surface area contributed by atoms with Gasteiger partial charge in [0.25, 0.3) is 11.8 Å². The number of carbonyl (C=O) groups is 5. The lowest BCUT2D eigenvalue weighted by Gasteiger charge is -2.35. The number of imide groups is 1. The Morgan fingerprint density at radius 3 is 2.43 bits per heavy atom. The van der Waals surface area contributed by atoms with Crippen LogP contribution in [0.4, 0.5) is 0 Å². The van der Waals surface area contributed by atoms with Gasteiger partial charge in [-0.05, 0) is 58.6 Å². The highest BCUT2D eigenvalue weighted by molar-refractivity contribution is 6.15. The first kappa shape index (κ1) is 37.9. The Morgan fingerprint density at radius 1 is 1.04 bits per heavy atom. The van der Waals surface area contributed by atoms with Crippen molar-refractivity contribution in [1.82, 2.24) is 15.1 Å². The largest absolute Gasteiger partial charge is 0.462 e. The Labute approximate surface area is 285 Å². The summed E-state index contributed by atoms with van der Waals surface area (Å²) in [4.78, 5) is 65.1. The molecule has 15 heteroatoms. The van der Waals surface area contributed by atoms with Crippen molar-refractivity contribution in [1.29, 1.82) is 0 Å². The zero-order valence-electron chi connectivity index (χ0n) is 28.3. The third-order valence-corrected chi connectivity index (χ3v) is 8.50. The molecule has 0 aliphatic carbocycles. The lowest BCUT2D eigenvalue weighted by Crippen LogP contribution is -2.54. The number of aliphatic hydroxyl groups is 3. The van der Waals surface area contributed by atoms with Gasteiger partial charge in [-0.1, -0.05) is 12.1 Å². The van der Waals surface area contributed by atoms with Crippen molar-refractivity contribution in [2.75, 3.05) is 32.9 Å². The molecule has 270 valence electrons. The van der Waals surface area contributed by atoms with Gasteiger partial charge in [0.05, 0.1) is 31.2 Å². The summed E-state index contributed by atoms with van der Waals surface area (Å²) >= 11 is 0. The van der Waals surface area contributed by atoms with Gasteiger partial charge >= 0.3 is 5.97 Å². The summed E-state index contributed by atoms with van der Waals surface area (Å²) in [6.07, 6.45) is -1.22. The standard InChI is InChI=1S/C34H47N3O12/c1-5-46-18-22-15-23(37-27(40)11-12-28(37)41)31(44)36(22)16-26(39)35-13-7-6-8-20-9-10-21(17-48-33(45)34(2,3)4)25(14-20)49-32-30(43)29(42)24(38)19-47-32/h9-12,14,22-24,29-30,32,38,42-43H,5-8,13,15-19H2,1-4H3,(H,35,39)/t22-,23-,24+,29-,30+,32?/m0/s1. The maximum Gasteiger partial charge on any atom is 0.311 e. The molecule has 49 heavy (non-hydrogen) atoms. The van der Waals surface area contributed by atoms with E-state index >= 15 is 0 Å². The van der Waals surface area contributed by atoms with Crippen LogP contribution in [0.25, 0.3) is 0 Å². The fourth-order valence-corrected chi connectivity index (χ4v) is 5.65.